The van der Waals surface area contributed by atoms with Gasteiger partial charge in [-0.1, -0.05) is 76.6 Å². The molecule has 2 aromatic rings. The molecule has 1 atom stereocenters. The molecular formula is C22H26BrN3O3. The topological polar surface area (TPSA) is 87.3 Å². The molecule has 0 aliphatic carbocycles. The SMILES string of the molecule is CC(Br)C(=O)NC(C(=O)NCCc1ccccc1)C(=O)NCCc1ccccc1. The lowest BCUT2D eigenvalue weighted by Gasteiger charge is -2.19. The Bertz CT molecular complexity index is 740. The Balaban J connectivity index is 1.90. The second kappa shape index (κ2) is 12.0. The number of nitrogens with one attached hydrogen (secondary N) is 3. The number of alkyl halides is 1. The van der Waals surface area contributed by atoms with E-state index >= 15 is 0 Å². The second-order valence-corrected chi connectivity index (χ2v) is 7.98. The summed E-state index contributed by atoms with van der Waals surface area (Å²) in [4.78, 5) is 36.6. The van der Waals surface area contributed by atoms with Crippen LogP contribution >= 0.6 is 15.9 Å². The molecular weight excluding hydrogens is 434 g/mol. The first kappa shape index (κ1) is 22.6. The van der Waals surface area contributed by atoms with Crippen LogP contribution in [-0.2, 0) is 27.2 Å². The maximum atomic E-state index is 12.6. The van der Waals surface area contributed by atoms with E-state index in [0.717, 1.165) is 11.1 Å². The van der Waals surface area contributed by atoms with Crippen molar-refractivity contribution in [1.29, 1.82) is 0 Å². The lowest BCUT2D eigenvalue weighted by atomic mass is 10.1. The van der Waals surface area contributed by atoms with Crippen LogP contribution in [-0.4, -0.2) is 41.7 Å². The number of amides is 3. The monoisotopic (exact) mass is 459 g/mol. The average Bonchev–Trinajstić information content (AvgIpc) is 2.73. The Morgan fingerprint density at radius 3 is 1.55 bits per heavy atom. The van der Waals surface area contributed by atoms with Crippen molar-refractivity contribution < 1.29 is 14.4 Å². The molecule has 3 N–H and O–H groups in total. The number of hydrogen-bond donors (Lipinski definition) is 3. The van der Waals surface area contributed by atoms with Gasteiger partial charge in [0.2, 0.25) is 5.91 Å². The minimum atomic E-state index is -1.28. The number of carbonyl (C=O) groups is 3. The molecule has 0 bridgehead atoms. The number of rotatable bonds is 10. The summed E-state index contributed by atoms with van der Waals surface area (Å²) in [6, 6.07) is 18.1. The molecule has 0 saturated heterocycles. The van der Waals surface area contributed by atoms with Gasteiger partial charge in [-0.05, 0) is 30.9 Å². The minimum absolute atomic E-state index is 0.371. The van der Waals surface area contributed by atoms with Crippen LogP contribution in [0.15, 0.2) is 60.7 Å². The normalized spacial score (nSPS) is 11.6. The lowest BCUT2D eigenvalue weighted by molar-refractivity contribution is -0.136. The van der Waals surface area contributed by atoms with E-state index < -0.39 is 28.6 Å². The third-order valence-corrected chi connectivity index (χ3v) is 4.70. The Labute approximate surface area is 179 Å². The van der Waals surface area contributed by atoms with Gasteiger partial charge in [-0.2, -0.15) is 0 Å². The number of benzene rings is 2. The third-order valence-electron chi connectivity index (χ3n) is 4.28. The second-order valence-electron chi connectivity index (χ2n) is 6.61. The summed E-state index contributed by atoms with van der Waals surface area (Å²) in [6.45, 7) is 2.37. The van der Waals surface area contributed by atoms with Crippen molar-refractivity contribution in [2.24, 2.45) is 0 Å². The van der Waals surface area contributed by atoms with Gasteiger partial charge in [0.05, 0.1) is 4.83 Å². The van der Waals surface area contributed by atoms with E-state index in [0.29, 0.717) is 25.9 Å². The molecule has 29 heavy (non-hydrogen) atoms. The Morgan fingerprint density at radius 2 is 1.17 bits per heavy atom. The molecule has 0 radical (unpaired) electrons. The molecule has 154 valence electrons. The average molecular weight is 460 g/mol. The van der Waals surface area contributed by atoms with Gasteiger partial charge in [-0.15, -0.1) is 0 Å². The van der Waals surface area contributed by atoms with Crippen LogP contribution in [0.2, 0.25) is 0 Å². The zero-order chi connectivity index (χ0) is 21.1. The van der Waals surface area contributed by atoms with Crippen molar-refractivity contribution in [3.8, 4) is 0 Å². The number of halogens is 1. The van der Waals surface area contributed by atoms with Crippen molar-refractivity contribution in [1.82, 2.24) is 16.0 Å². The molecule has 0 saturated carbocycles. The largest absolute Gasteiger partial charge is 0.354 e. The van der Waals surface area contributed by atoms with Crippen LogP contribution in [0, 0.1) is 0 Å². The van der Waals surface area contributed by atoms with Crippen LogP contribution in [0.3, 0.4) is 0 Å². The summed E-state index contributed by atoms with van der Waals surface area (Å²) in [5.74, 6) is -1.48. The van der Waals surface area contributed by atoms with Gasteiger partial charge in [-0.25, -0.2) is 0 Å². The molecule has 0 aromatic heterocycles. The maximum Gasteiger partial charge on any atom is 0.252 e. The van der Waals surface area contributed by atoms with Gasteiger partial charge < -0.3 is 16.0 Å². The fourth-order valence-corrected chi connectivity index (χ4v) is 2.79. The molecule has 0 aliphatic rings. The first-order valence-corrected chi connectivity index (χ1v) is 10.5. The standard InChI is InChI=1S/C22H26BrN3O3/c1-16(23)20(27)26-19(21(28)24-14-12-17-8-4-2-5-9-17)22(29)25-15-13-18-10-6-3-7-11-18/h2-11,16,19H,12-15H2,1H3,(H,24,28)(H,25,29)(H,26,27). The highest BCUT2D eigenvalue weighted by Gasteiger charge is 2.29. The van der Waals surface area contributed by atoms with E-state index in [1.165, 1.54) is 0 Å². The zero-order valence-corrected chi connectivity index (χ0v) is 17.9. The molecule has 6 nitrogen and oxygen atoms in total. The fraction of sp³-hybridized carbons (Fsp3) is 0.318. The van der Waals surface area contributed by atoms with E-state index in [4.69, 9.17) is 0 Å². The van der Waals surface area contributed by atoms with E-state index in [1.807, 2.05) is 60.7 Å². The molecule has 7 heteroatoms. The van der Waals surface area contributed by atoms with Crippen molar-refractivity contribution in [2.75, 3.05) is 13.1 Å². The zero-order valence-electron chi connectivity index (χ0n) is 16.4. The molecule has 0 aliphatic heterocycles. The van der Waals surface area contributed by atoms with Gasteiger partial charge in [0.1, 0.15) is 0 Å². The Kier molecular flexibility index (Phi) is 9.37. The molecule has 2 rings (SSSR count). The van der Waals surface area contributed by atoms with E-state index in [-0.39, 0.29) is 0 Å². The van der Waals surface area contributed by atoms with Crippen molar-refractivity contribution >= 4 is 33.7 Å². The summed E-state index contributed by atoms with van der Waals surface area (Å²) < 4.78 is 0. The summed E-state index contributed by atoms with van der Waals surface area (Å²) in [5, 5.41) is 7.97. The number of hydrogen-bond acceptors (Lipinski definition) is 3. The van der Waals surface area contributed by atoms with Gasteiger partial charge in [-0.3, -0.25) is 14.4 Å². The molecule has 0 heterocycles. The molecule has 1 unspecified atom stereocenters. The molecule has 0 fully saturated rings. The van der Waals surface area contributed by atoms with Crippen molar-refractivity contribution in [2.45, 2.75) is 30.6 Å². The fourth-order valence-electron chi connectivity index (χ4n) is 2.66. The minimum Gasteiger partial charge on any atom is -0.354 e. The first-order valence-electron chi connectivity index (χ1n) is 9.55. The smallest absolute Gasteiger partial charge is 0.252 e. The summed E-state index contributed by atoms with van der Waals surface area (Å²) in [6.07, 6.45) is 1.27. The maximum absolute atomic E-state index is 12.6. The summed E-state index contributed by atoms with van der Waals surface area (Å²) in [7, 11) is 0. The van der Waals surface area contributed by atoms with E-state index in [9.17, 15) is 14.4 Å². The number of carbonyl (C=O) groups excluding carboxylic acids is 3. The molecule has 2 aromatic carbocycles. The van der Waals surface area contributed by atoms with Crippen LogP contribution in [0.25, 0.3) is 0 Å². The predicted molar refractivity (Wildman–Crippen MR) is 117 cm³/mol. The summed E-state index contributed by atoms with van der Waals surface area (Å²) in [5.41, 5.74) is 2.16. The van der Waals surface area contributed by atoms with Gasteiger partial charge >= 0.3 is 0 Å². The highest BCUT2D eigenvalue weighted by Crippen LogP contribution is 2.01. The quantitative estimate of drug-likeness (QED) is 0.374. The summed E-state index contributed by atoms with van der Waals surface area (Å²) >= 11 is 3.16. The van der Waals surface area contributed by atoms with Crippen LogP contribution in [0.4, 0.5) is 0 Å². The Hall–Kier alpha value is -2.67. The van der Waals surface area contributed by atoms with Crippen LogP contribution in [0.5, 0.6) is 0 Å². The van der Waals surface area contributed by atoms with Gasteiger partial charge in [0.15, 0.2) is 6.04 Å². The molecule has 0 spiro atoms. The third kappa shape index (κ3) is 8.07. The van der Waals surface area contributed by atoms with E-state index in [1.54, 1.807) is 6.92 Å². The molecule has 3 amide bonds. The Morgan fingerprint density at radius 1 is 0.759 bits per heavy atom. The van der Waals surface area contributed by atoms with Crippen molar-refractivity contribution in [3.63, 3.8) is 0 Å². The predicted octanol–water partition coefficient (Wildman–Crippen LogP) is 1.97. The highest BCUT2D eigenvalue weighted by molar-refractivity contribution is 9.10. The highest BCUT2D eigenvalue weighted by atomic mass is 79.9. The van der Waals surface area contributed by atoms with Gasteiger partial charge in [0.25, 0.3) is 11.8 Å². The van der Waals surface area contributed by atoms with Crippen LogP contribution < -0.4 is 16.0 Å². The first-order chi connectivity index (χ1) is 14.0. The van der Waals surface area contributed by atoms with E-state index in [2.05, 4.69) is 31.9 Å². The lowest BCUT2D eigenvalue weighted by Crippen LogP contribution is -2.56. The van der Waals surface area contributed by atoms with Crippen LogP contribution in [0.1, 0.15) is 18.1 Å². The van der Waals surface area contributed by atoms with Crippen molar-refractivity contribution in [3.05, 3.63) is 71.8 Å². The van der Waals surface area contributed by atoms with Gasteiger partial charge in [0, 0.05) is 13.1 Å².